The minimum Gasteiger partial charge on any atom is -0.345 e. The summed E-state index contributed by atoms with van der Waals surface area (Å²) >= 11 is 1.90. The molecule has 0 saturated carbocycles. The summed E-state index contributed by atoms with van der Waals surface area (Å²) in [4.78, 5) is 8.98. The molecule has 0 radical (unpaired) electrons. The molecule has 0 amide bonds. The zero-order valence-corrected chi connectivity index (χ0v) is 15.1. The molecule has 1 aromatic rings. The number of thiazole rings is 1. The number of rotatable bonds is 5. The lowest BCUT2D eigenvalue weighted by atomic mass is 9.91. The van der Waals surface area contributed by atoms with Gasteiger partial charge in [-0.1, -0.05) is 27.7 Å². The number of hydrogen-bond acceptors (Lipinski definition) is 4. The number of nitrogens with one attached hydrogen (secondary N) is 1. The zero-order chi connectivity index (χ0) is 15.5. The quantitative estimate of drug-likeness (QED) is 0.821. The van der Waals surface area contributed by atoms with Gasteiger partial charge in [-0.05, 0) is 39.2 Å². The van der Waals surface area contributed by atoms with Crippen molar-refractivity contribution in [3.05, 3.63) is 10.6 Å². The second-order valence-electron chi connectivity index (χ2n) is 7.23. The average Bonchev–Trinajstić information content (AvgIpc) is 2.83. The van der Waals surface area contributed by atoms with Gasteiger partial charge in [0.15, 0.2) is 5.13 Å². The van der Waals surface area contributed by atoms with E-state index in [1.165, 1.54) is 47.9 Å². The predicted octanol–water partition coefficient (Wildman–Crippen LogP) is 4.32. The maximum Gasteiger partial charge on any atom is 0.186 e. The van der Waals surface area contributed by atoms with Gasteiger partial charge in [0.05, 0.1) is 5.69 Å². The molecule has 3 nitrogen and oxygen atoms in total. The summed E-state index contributed by atoms with van der Waals surface area (Å²) in [6, 6.07) is 0.633. The molecule has 1 N–H and O–H groups in total. The smallest absolute Gasteiger partial charge is 0.186 e. The summed E-state index contributed by atoms with van der Waals surface area (Å²) in [5.41, 5.74) is 1.40. The molecule has 4 heteroatoms. The molecule has 2 rings (SSSR count). The number of aromatic nitrogens is 1. The standard InChI is InChI=1S/C17H31N3S/c1-6-10-18-12-14-15(17(3,4)5)19-16(21-14)20-11-8-7-9-13(20)2/h13,18H,6-12H2,1-5H3. The van der Waals surface area contributed by atoms with Gasteiger partial charge >= 0.3 is 0 Å². The first-order valence-electron chi connectivity index (χ1n) is 8.41. The highest BCUT2D eigenvalue weighted by Gasteiger charge is 2.27. The van der Waals surface area contributed by atoms with Crippen LogP contribution in [-0.2, 0) is 12.0 Å². The van der Waals surface area contributed by atoms with Crippen molar-refractivity contribution in [2.75, 3.05) is 18.0 Å². The predicted molar refractivity (Wildman–Crippen MR) is 93.5 cm³/mol. The molecule has 0 aromatic carbocycles. The second-order valence-corrected chi connectivity index (χ2v) is 8.30. The fourth-order valence-corrected chi connectivity index (χ4v) is 4.30. The van der Waals surface area contributed by atoms with Gasteiger partial charge in [0.25, 0.3) is 0 Å². The fraction of sp³-hybridized carbons (Fsp3) is 0.824. The van der Waals surface area contributed by atoms with Gasteiger partial charge in [-0.2, -0.15) is 0 Å². The van der Waals surface area contributed by atoms with Crippen LogP contribution in [0.5, 0.6) is 0 Å². The Morgan fingerprint density at radius 2 is 2.10 bits per heavy atom. The Kier molecular flexibility index (Phi) is 5.67. The van der Waals surface area contributed by atoms with Crippen molar-refractivity contribution < 1.29 is 0 Å². The van der Waals surface area contributed by atoms with Crippen LogP contribution in [0.4, 0.5) is 5.13 Å². The van der Waals surface area contributed by atoms with Crippen LogP contribution in [0.15, 0.2) is 0 Å². The lowest BCUT2D eigenvalue weighted by molar-refractivity contribution is 0.482. The first-order chi connectivity index (χ1) is 9.93. The van der Waals surface area contributed by atoms with Crippen LogP contribution in [0.3, 0.4) is 0 Å². The second kappa shape index (κ2) is 7.10. The van der Waals surface area contributed by atoms with Gasteiger partial charge < -0.3 is 10.2 Å². The Bertz CT molecular complexity index is 447. The lowest BCUT2D eigenvalue weighted by Crippen LogP contribution is -2.37. The van der Waals surface area contributed by atoms with E-state index in [1.807, 2.05) is 11.3 Å². The molecule has 0 aliphatic carbocycles. The van der Waals surface area contributed by atoms with Crippen molar-refractivity contribution in [2.45, 2.75) is 78.3 Å². The Morgan fingerprint density at radius 3 is 2.71 bits per heavy atom. The van der Waals surface area contributed by atoms with Crippen LogP contribution in [0.2, 0.25) is 0 Å². The maximum atomic E-state index is 5.04. The number of nitrogens with zero attached hydrogens (tertiary/aromatic N) is 2. The average molecular weight is 310 g/mol. The van der Waals surface area contributed by atoms with E-state index in [2.05, 4.69) is 44.8 Å². The monoisotopic (exact) mass is 309 g/mol. The molecule has 2 heterocycles. The van der Waals surface area contributed by atoms with E-state index in [9.17, 15) is 0 Å². The van der Waals surface area contributed by atoms with Crippen LogP contribution >= 0.6 is 11.3 Å². The summed E-state index contributed by atoms with van der Waals surface area (Å²) in [7, 11) is 0. The summed E-state index contributed by atoms with van der Waals surface area (Å²) in [5, 5.41) is 4.78. The molecule has 1 aliphatic rings. The van der Waals surface area contributed by atoms with E-state index in [4.69, 9.17) is 4.98 Å². The van der Waals surface area contributed by atoms with Crippen molar-refractivity contribution in [3.63, 3.8) is 0 Å². The first-order valence-corrected chi connectivity index (χ1v) is 9.22. The van der Waals surface area contributed by atoms with E-state index in [-0.39, 0.29) is 5.41 Å². The number of anilines is 1. The Hall–Kier alpha value is -0.610. The first kappa shape index (κ1) is 16.8. The third kappa shape index (κ3) is 4.19. The highest BCUT2D eigenvalue weighted by Crippen LogP contribution is 2.36. The topological polar surface area (TPSA) is 28.2 Å². The molecule has 1 unspecified atom stereocenters. The molecule has 1 aromatic heterocycles. The van der Waals surface area contributed by atoms with Crippen molar-refractivity contribution in [2.24, 2.45) is 0 Å². The molecule has 120 valence electrons. The molecule has 21 heavy (non-hydrogen) atoms. The summed E-state index contributed by atoms with van der Waals surface area (Å²) in [6.45, 7) is 14.6. The molecule has 1 saturated heterocycles. The summed E-state index contributed by atoms with van der Waals surface area (Å²) < 4.78 is 0. The van der Waals surface area contributed by atoms with E-state index in [0.29, 0.717) is 6.04 Å². The van der Waals surface area contributed by atoms with Gasteiger partial charge in [-0.15, -0.1) is 11.3 Å². The van der Waals surface area contributed by atoms with Crippen LogP contribution in [-0.4, -0.2) is 24.1 Å². The molecule has 1 fully saturated rings. The van der Waals surface area contributed by atoms with E-state index < -0.39 is 0 Å². The van der Waals surface area contributed by atoms with E-state index in [0.717, 1.165) is 13.1 Å². The van der Waals surface area contributed by atoms with E-state index in [1.54, 1.807) is 0 Å². The minimum atomic E-state index is 0.122. The van der Waals surface area contributed by atoms with Crippen molar-refractivity contribution in [1.29, 1.82) is 0 Å². The highest BCUT2D eigenvalue weighted by atomic mass is 32.1. The molecule has 1 aliphatic heterocycles. The van der Waals surface area contributed by atoms with Gasteiger partial charge in [-0.3, -0.25) is 0 Å². The van der Waals surface area contributed by atoms with Crippen molar-refractivity contribution >= 4 is 16.5 Å². The van der Waals surface area contributed by atoms with Crippen LogP contribution < -0.4 is 10.2 Å². The van der Waals surface area contributed by atoms with Gasteiger partial charge in [0.1, 0.15) is 0 Å². The van der Waals surface area contributed by atoms with Crippen LogP contribution in [0, 0.1) is 0 Å². The molecule has 0 bridgehead atoms. The van der Waals surface area contributed by atoms with Crippen LogP contribution in [0.25, 0.3) is 0 Å². The van der Waals surface area contributed by atoms with Crippen molar-refractivity contribution in [1.82, 2.24) is 10.3 Å². The fourth-order valence-electron chi connectivity index (χ4n) is 2.93. The Labute approximate surface area is 134 Å². The third-order valence-electron chi connectivity index (χ3n) is 4.16. The Balaban J connectivity index is 2.22. The SMILES string of the molecule is CCCNCc1sc(N2CCCCC2C)nc1C(C)(C)C. The zero-order valence-electron chi connectivity index (χ0n) is 14.3. The molecule has 0 spiro atoms. The third-order valence-corrected chi connectivity index (χ3v) is 5.25. The maximum absolute atomic E-state index is 5.04. The van der Waals surface area contributed by atoms with Crippen LogP contribution in [0.1, 0.15) is 70.9 Å². The highest BCUT2D eigenvalue weighted by molar-refractivity contribution is 7.15. The van der Waals surface area contributed by atoms with E-state index >= 15 is 0 Å². The number of hydrogen-bond donors (Lipinski definition) is 1. The lowest BCUT2D eigenvalue weighted by Gasteiger charge is -2.33. The van der Waals surface area contributed by atoms with Gasteiger partial charge in [0.2, 0.25) is 0 Å². The summed E-state index contributed by atoms with van der Waals surface area (Å²) in [6.07, 6.45) is 5.14. The van der Waals surface area contributed by atoms with Gasteiger partial charge in [0, 0.05) is 29.4 Å². The number of piperidine rings is 1. The Morgan fingerprint density at radius 1 is 1.33 bits per heavy atom. The van der Waals surface area contributed by atoms with Gasteiger partial charge in [-0.25, -0.2) is 4.98 Å². The van der Waals surface area contributed by atoms with Crippen molar-refractivity contribution in [3.8, 4) is 0 Å². The molecular formula is C17H31N3S. The largest absolute Gasteiger partial charge is 0.345 e. The molecular weight excluding hydrogens is 278 g/mol. The summed E-state index contributed by atoms with van der Waals surface area (Å²) in [5.74, 6) is 0. The minimum absolute atomic E-state index is 0.122. The normalized spacial score (nSPS) is 20.0. The molecule has 1 atom stereocenters.